The molecule has 3 unspecified atom stereocenters. The maximum Gasteiger partial charge on any atom is 0.334 e. The van der Waals surface area contributed by atoms with Crippen LogP contribution in [0.25, 0.3) is 11.1 Å². The van der Waals surface area contributed by atoms with Gasteiger partial charge in [0.15, 0.2) is 6.10 Å². The maximum absolute atomic E-state index is 12.8. The van der Waals surface area contributed by atoms with Crippen molar-refractivity contribution in [1.29, 1.82) is 0 Å². The SMILES string of the molecule is O=CC1(c2ccccc2Nc2ccc(-c3ccccc3)cc2)CCN(Cc2ccccn2)C(C(O)C(=O)O)C1. The van der Waals surface area contributed by atoms with E-state index < -0.39 is 23.5 Å². The summed E-state index contributed by atoms with van der Waals surface area (Å²) in [5, 5.41) is 23.9. The monoisotopic (exact) mass is 521 g/mol. The fraction of sp³-hybridized carbons (Fsp3) is 0.219. The molecule has 0 amide bonds. The van der Waals surface area contributed by atoms with Crippen LogP contribution in [0.3, 0.4) is 0 Å². The number of aromatic nitrogens is 1. The molecule has 39 heavy (non-hydrogen) atoms. The summed E-state index contributed by atoms with van der Waals surface area (Å²) in [6, 6.07) is 30.6. The number of carboxylic acid groups (broad SMARTS) is 1. The van der Waals surface area contributed by atoms with Gasteiger partial charge in [-0.05, 0) is 59.9 Å². The fourth-order valence-corrected chi connectivity index (χ4v) is 5.46. The van der Waals surface area contributed by atoms with Crippen molar-refractivity contribution in [1.82, 2.24) is 9.88 Å². The average Bonchev–Trinajstić information content (AvgIpc) is 2.99. The third-order valence-corrected chi connectivity index (χ3v) is 7.56. The van der Waals surface area contributed by atoms with Gasteiger partial charge in [-0.2, -0.15) is 0 Å². The number of aldehydes is 1. The van der Waals surface area contributed by atoms with Crippen LogP contribution in [0.15, 0.2) is 103 Å². The molecule has 2 heterocycles. The summed E-state index contributed by atoms with van der Waals surface area (Å²) >= 11 is 0. The van der Waals surface area contributed by atoms with E-state index in [1.165, 1.54) is 0 Å². The van der Waals surface area contributed by atoms with Gasteiger partial charge in [0.1, 0.15) is 6.29 Å². The topological polar surface area (TPSA) is 103 Å². The molecule has 1 aliphatic heterocycles. The third kappa shape index (κ3) is 5.74. The first-order valence-corrected chi connectivity index (χ1v) is 13.0. The number of nitrogens with one attached hydrogen (secondary N) is 1. The Labute approximate surface area is 227 Å². The zero-order chi connectivity index (χ0) is 27.2. The number of likely N-dealkylation sites (tertiary alicyclic amines) is 1. The number of benzene rings is 3. The molecule has 198 valence electrons. The molecule has 1 aliphatic rings. The molecule has 4 aromatic rings. The molecule has 1 fully saturated rings. The van der Waals surface area contributed by atoms with Crippen LogP contribution in [0.2, 0.25) is 0 Å². The first kappa shape index (κ1) is 26.3. The molecule has 3 atom stereocenters. The Morgan fingerprint density at radius 1 is 0.974 bits per heavy atom. The third-order valence-electron chi connectivity index (χ3n) is 7.56. The second-order valence-corrected chi connectivity index (χ2v) is 9.98. The van der Waals surface area contributed by atoms with Gasteiger partial charge in [-0.15, -0.1) is 0 Å². The molecule has 0 spiro atoms. The number of aliphatic carboxylic acids is 1. The number of pyridine rings is 1. The number of carbonyl (C=O) groups is 2. The van der Waals surface area contributed by atoms with Gasteiger partial charge < -0.3 is 20.3 Å². The second kappa shape index (κ2) is 11.6. The lowest BCUT2D eigenvalue weighted by atomic mass is 9.69. The molecule has 0 aliphatic carbocycles. The quantitative estimate of drug-likeness (QED) is 0.265. The molecular weight excluding hydrogens is 490 g/mol. The molecule has 7 heteroatoms. The summed E-state index contributed by atoms with van der Waals surface area (Å²) < 4.78 is 0. The lowest BCUT2D eigenvalue weighted by Gasteiger charge is -2.45. The van der Waals surface area contributed by atoms with E-state index in [9.17, 15) is 19.8 Å². The minimum absolute atomic E-state index is 0.169. The number of rotatable bonds is 9. The van der Waals surface area contributed by atoms with Crippen LogP contribution in [0.1, 0.15) is 24.1 Å². The van der Waals surface area contributed by atoms with Crippen LogP contribution in [0.5, 0.6) is 0 Å². The summed E-state index contributed by atoms with van der Waals surface area (Å²) in [7, 11) is 0. The number of piperidine rings is 1. The minimum atomic E-state index is -1.64. The number of carboxylic acids is 1. The van der Waals surface area contributed by atoms with Gasteiger partial charge >= 0.3 is 5.97 Å². The number of para-hydroxylation sites is 1. The number of carbonyl (C=O) groups excluding carboxylic acids is 1. The number of aliphatic hydroxyl groups is 1. The highest BCUT2D eigenvalue weighted by Crippen LogP contribution is 2.42. The van der Waals surface area contributed by atoms with Gasteiger partial charge in [-0.25, -0.2) is 4.79 Å². The Hall–Kier alpha value is -4.33. The Morgan fingerprint density at radius 2 is 1.67 bits per heavy atom. The zero-order valence-corrected chi connectivity index (χ0v) is 21.5. The average molecular weight is 522 g/mol. The molecule has 3 N–H and O–H groups in total. The number of aliphatic hydroxyl groups excluding tert-OH is 1. The van der Waals surface area contributed by atoms with E-state index in [1.807, 2.05) is 89.8 Å². The Bertz CT molecular complexity index is 1410. The van der Waals surface area contributed by atoms with E-state index in [2.05, 4.69) is 22.4 Å². The molecular formula is C32H31N3O4. The van der Waals surface area contributed by atoms with Crippen molar-refractivity contribution in [3.63, 3.8) is 0 Å². The lowest BCUT2D eigenvalue weighted by Crippen LogP contribution is -2.56. The van der Waals surface area contributed by atoms with E-state index in [-0.39, 0.29) is 6.42 Å². The van der Waals surface area contributed by atoms with Crippen molar-refractivity contribution < 1.29 is 19.8 Å². The van der Waals surface area contributed by atoms with Gasteiger partial charge in [-0.3, -0.25) is 9.88 Å². The Kier molecular flexibility index (Phi) is 7.81. The fourth-order valence-electron chi connectivity index (χ4n) is 5.46. The second-order valence-electron chi connectivity index (χ2n) is 9.98. The first-order valence-electron chi connectivity index (χ1n) is 13.0. The lowest BCUT2D eigenvalue weighted by molar-refractivity contribution is -0.153. The number of hydrogen-bond acceptors (Lipinski definition) is 6. The van der Waals surface area contributed by atoms with E-state index in [1.54, 1.807) is 6.20 Å². The van der Waals surface area contributed by atoms with Gasteiger partial charge in [0.05, 0.1) is 11.1 Å². The highest BCUT2D eigenvalue weighted by atomic mass is 16.4. The predicted octanol–water partition coefficient (Wildman–Crippen LogP) is 5.04. The predicted molar refractivity (Wildman–Crippen MR) is 151 cm³/mol. The standard InChI is InChI=1S/C32H31N3O4/c36-22-32(17-19-35(21-26-10-6-7-18-33-26)29(20-32)30(37)31(38)39)27-11-4-5-12-28(27)34-25-15-13-24(14-16-25)23-8-2-1-3-9-23/h1-16,18,22,29-30,34,37H,17,19-21H2,(H,38,39). The van der Waals surface area contributed by atoms with Crippen molar-refractivity contribution in [3.8, 4) is 11.1 Å². The molecule has 0 radical (unpaired) electrons. The number of anilines is 2. The normalized spacial score (nSPS) is 20.2. The van der Waals surface area contributed by atoms with Crippen molar-refractivity contribution in [2.75, 3.05) is 11.9 Å². The van der Waals surface area contributed by atoms with E-state index >= 15 is 0 Å². The Balaban J connectivity index is 1.42. The molecule has 7 nitrogen and oxygen atoms in total. The smallest absolute Gasteiger partial charge is 0.334 e. The van der Waals surface area contributed by atoms with Crippen LogP contribution in [-0.2, 0) is 21.5 Å². The summed E-state index contributed by atoms with van der Waals surface area (Å²) in [6.07, 6.45) is 1.62. The summed E-state index contributed by atoms with van der Waals surface area (Å²) in [6.45, 7) is 0.822. The molecule has 0 saturated carbocycles. The van der Waals surface area contributed by atoms with Crippen LogP contribution in [0.4, 0.5) is 11.4 Å². The summed E-state index contributed by atoms with van der Waals surface area (Å²) in [5.74, 6) is -1.31. The van der Waals surface area contributed by atoms with E-state index in [0.29, 0.717) is 19.5 Å². The van der Waals surface area contributed by atoms with E-state index in [4.69, 9.17) is 0 Å². The van der Waals surface area contributed by atoms with Crippen LogP contribution in [0, 0.1) is 0 Å². The largest absolute Gasteiger partial charge is 0.479 e. The van der Waals surface area contributed by atoms with Crippen LogP contribution in [-0.4, -0.2) is 51.0 Å². The van der Waals surface area contributed by atoms with Gasteiger partial charge in [0, 0.05) is 36.7 Å². The van der Waals surface area contributed by atoms with Crippen molar-refractivity contribution in [2.24, 2.45) is 0 Å². The summed E-state index contributed by atoms with van der Waals surface area (Å²) in [5.41, 5.74) is 4.48. The van der Waals surface area contributed by atoms with Crippen molar-refractivity contribution in [2.45, 2.75) is 36.9 Å². The van der Waals surface area contributed by atoms with Crippen LogP contribution < -0.4 is 5.32 Å². The molecule has 5 rings (SSSR count). The first-order chi connectivity index (χ1) is 19.0. The molecule has 1 saturated heterocycles. The highest BCUT2D eigenvalue weighted by Gasteiger charge is 2.46. The number of hydrogen-bond donors (Lipinski definition) is 3. The molecule has 3 aromatic carbocycles. The zero-order valence-electron chi connectivity index (χ0n) is 21.5. The van der Waals surface area contributed by atoms with Crippen molar-refractivity contribution in [3.05, 3.63) is 115 Å². The highest BCUT2D eigenvalue weighted by molar-refractivity contribution is 5.78. The minimum Gasteiger partial charge on any atom is -0.479 e. The van der Waals surface area contributed by atoms with Crippen molar-refractivity contribution >= 4 is 23.6 Å². The van der Waals surface area contributed by atoms with E-state index in [0.717, 1.165) is 40.0 Å². The van der Waals surface area contributed by atoms with Gasteiger partial charge in [0.2, 0.25) is 0 Å². The maximum atomic E-state index is 12.8. The Morgan fingerprint density at radius 3 is 2.36 bits per heavy atom. The van der Waals surface area contributed by atoms with Gasteiger partial charge in [0.25, 0.3) is 0 Å². The number of nitrogens with zero attached hydrogens (tertiary/aromatic N) is 2. The molecule has 0 bridgehead atoms. The summed E-state index contributed by atoms with van der Waals surface area (Å²) in [4.78, 5) is 31.0. The van der Waals surface area contributed by atoms with Crippen LogP contribution >= 0.6 is 0 Å². The molecule has 1 aromatic heterocycles. The van der Waals surface area contributed by atoms with Gasteiger partial charge in [-0.1, -0.05) is 66.7 Å².